The van der Waals surface area contributed by atoms with Crippen LogP contribution in [0.5, 0.6) is 0 Å². The van der Waals surface area contributed by atoms with Gasteiger partial charge in [-0.1, -0.05) is 17.7 Å². The summed E-state index contributed by atoms with van der Waals surface area (Å²) in [4.78, 5) is 29.5. The third-order valence-electron chi connectivity index (χ3n) is 5.36. The Hall–Kier alpha value is -2.82. The second-order valence-corrected chi connectivity index (χ2v) is 7.14. The topological polar surface area (TPSA) is 52.7 Å². The van der Waals surface area contributed by atoms with E-state index in [9.17, 15) is 9.59 Å². The predicted molar refractivity (Wildman–Crippen MR) is 103 cm³/mol. The quantitative estimate of drug-likeness (QED) is 0.900. The van der Waals surface area contributed by atoms with E-state index in [4.69, 9.17) is 0 Å². The Kier molecular flexibility index (Phi) is 4.15. The van der Waals surface area contributed by atoms with Crippen LogP contribution in [0.3, 0.4) is 0 Å². The summed E-state index contributed by atoms with van der Waals surface area (Å²) in [5.41, 5.74) is 4.00. The van der Waals surface area contributed by atoms with Crippen LogP contribution in [0.1, 0.15) is 45.5 Å². The molecule has 2 amide bonds. The van der Waals surface area contributed by atoms with Gasteiger partial charge in [0.1, 0.15) is 6.17 Å². The molecular formula is C21H23N3O2. The van der Waals surface area contributed by atoms with Crippen molar-refractivity contribution in [2.24, 2.45) is 0 Å². The zero-order valence-corrected chi connectivity index (χ0v) is 15.2. The van der Waals surface area contributed by atoms with Gasteiger partial charge in [-0.2, -0.15) is 0 Å². The van der Waals surface area contributed by atoms with Crippen molar-refractivity contribution in [3.8, 4) is 0 Å². The van der Waals surface area contributed by atoms with E-state index < -0.39 is 0 Å². The number of benzene rings is 2. The largest absolute Gasteiger partial charge is 0.354 e. The minimum absolute atomic E-state index is 0.0771. The third kappa shape index (κ3) is 2.83. The van der Waals surface area contributed by atoms with Crippen molar-refractivity contribution in [2.45, 2.75) is 32.4 Å². The SMILES string of the molecule is Cc1ccc(NC(=O)c2ccc3c(c2)N(C)[C@@H]2CCCCN2C3=O)cc1. The summed E-state index contributed by atoms with van der Waals surface area (Å²) in [5, 5.41) is 2.92. The fourth-order valence-corrected chi connectivity index (χ4v) is 3.85. The number of nitrogens with zero attached hydrogens (tertiary/aromatic N) is 2. The molecule has 0 aliphatic carbocycles. The molecule has 0 bridgehead atoms. The van der Waals surface area contributed by atoms with E-state index in [0.29, 0.717) is 11.1 Å². The van der Waals surface area contributed by atoms with Gasteiger partial charge in [-0.05, 0) is 56.5 Å². The molecule has 4 rings (SSSR count). The molecule has 1 fully saturated rings. The van der Waals surface area contributed by atoms with Gasteiger partial charge in [0.05, 0.1) is 11.3 Å². The summed E-state index contributed by atoms with van der Waals surface area (Å²) in [6.45, 7) is 2.82. The molecule has 1 saturated heterocycles. The van der Waals surface area contributed by atoms with Crippen LogP contribution in [-0.2, 0) is 0 Å². The zero-order valence-electron chi connectivity index (χ0n) is 15.2. The lowest BCUT2D eigenvalue weighted by Crippen LogP contribution is -2.55. The number of aryl methyl sites for hydroxylation is 1. The Bertz CT molecular complexity index is 860. The predicted octanol–water partition coefficient (Wildman–Crippen LogP) is 3.65. The van der Waals surface area contributed by atoms with Crippen LogP contribution in [0.25, 0.3) is 0 Å². The molecule has 1 N–H and O–H groups in total. The molecule has 5 nitrogen and oxygen atoms in total. The highest BCUT2D eigenvalue weighted by Gasteiger charge is 2.37. The first-order valence-corrected chi connectivity index (χ1v) is 9.10. The van der Waals surface area contributed by atoms with Gasteiger partial charge in [0, 0.05) is 24.8 Å². The highest BCUT2D eigenvalue weighted by molar-refractivity contribution is 6.08. The van der Waals surface area contributed by atoms with Crippen molar-refractivity contribution >= 4 is 23.2 Å². The Morgan fingerprint density at radius 3 is 2.65 bits per heavy atom. The van der Waals surface area contributed by atoms with Crippen molar-refractivity contribution in [1.82, 2.24) is 4.90 Å². The molecule has 0 spiro atoms. The molecule has 2 aromatic rings. The second-order valence-electron chi connectivity index (χ2n) is 7.14. The van der Waals surface area contributed by atoms with Gasteiger partial charge in [-0.25, -0.2) is 0 Å². The summed E-state index contributed by atoms with van der Waals surface area (Å²) in [6.07, 6.45) is 3.25. The van der Waals surface area contributed by atoms with Crippen molar-refractivity contribution in [2.75, 3.05) is 23.8 Å². The monoisotopic (exact) mass is 349 g/mol. The molecule has 2 aliphatic heterocycles. The maximum absolute atomic E-state index is 12.8. The average Bonchev–Trinajstić information content (AvgIpc) is 2.67. The molecule has 0 aromatic heterocycles. The van der Waals surface area contributed by atoms with Crippen LogP contribution in [-0.4, -0.2) is 36.5 Å². The number of anilines is 2. The Balaban J connectivity index is 1.62. The van der Waals surface area contributed by atoms with E-state index in [1.165, 1.54) is 0 Å². The Morgan fingerprint density at radius 2 is 1.88 bits per heavy atom. The molecule has 2 aromatic carbocycles. The van der Waals surface area contributed by atoms with E-state index >= 15 is 0 Å². The molecule has 2 heterocycles. The van der Waals surface area contributed by atoms with E-state index in [0.717, 1.165) is 42.7 Å². The number of carbonyl (C=O) groups excluding carboxylic acids is 2. The van der Waals surface area contributed by atoms with Gasteiger partial charge in [-0.3, -0.25) is 9.59 Å². The number of carbonyl (C=O) groups is 2. The fraction of sp³-hybridized carbons (Fsp3) is 0.333. The lowest BCUT2D eigenvalue weighted by Gasteiger charge is -2.46. The zero-order chi connectivity index (χ0) is 18.3. The lowest BCUT2D eigenvalue weighted by molar-refractivity contribution is 0.0589. The minimum atomic E-state index is -0.163. The van der Waals surface area contributed by atoms with Crippen molar-refractivity contribution in [3.63, 3.8) is 0 Å². The van der Waals surface area contributed by atoms with E-state index in [1.54, 1.807) is 12.1 Å². The van der Waals surface area contributed by atoms with Crippen molar-refractivity contribution in [3.05, 3.63) is 59.2 Å². The van der Waals surface area contributed by atoms with Gasteiger partial charge >= 0.3 is 0 Å². The van der Waals surface area contributed by atoms with Crippen LogP contribution < -0.4 is 10.2 Å². The first-order chi connectivity index (χ1) is 12.5. The molecule has 0 radical (unpaired) electrons. The standard InChI is InChI=1S/C21H23N3O2/c1-14-6-9-16(10-7-14)22-20(25)15-8-11-17-18(13-15)23(2)19-5-3-4-12-24(19)21(17)26/h6-11,13,19H,3-5,12H2,1-2H3,(H,22,25)/t19-/m0/s1. The van der Waals surface area contributed by atoms with Crippen molar-refractivity contribution in [1.29, 1.82) is 0 Å². The number of nitrogens with one attached hydrogen (secondary N) is 1. The second kappa shape index (κ2) is 6.48. The average molecular weight is 349 g/mol. The number of fused-ring (bicyclic) bond motifs is 2. The fourth-order valence-electron chi connectivity index (χ4n) is 3.85. The summed E-state index contributed by atoms with van der Waals surface area (Å²) >= 11 is 0. The summed E-state index contributed by atoms with van der Waals surface area (Å²) < 4.78 is 0. The summed E-state index contributed by atoms with van der Waals surface area (Å²) in [5.74, 6) is -0.0862. The van der Waals surface area contributed by atoms with E-state index in [1.807, 2.05) is 49.2 Å². The number of rotatable bonds is 2. The van der Waals surface area contributed by atoms with Gasteiger partial charge in [-0.15, -0.1) is 0 Å². The number of amides is 2. The summed E-state index contributed by atoms with van der Waals surface area (Å²) in [7, 11) is 2.01. The van der Waals surface area contributed by atoms with Crippen LogP contribution in [0, 0.1) is 6.92 Å². The maximum Gasteiger partial charge on any atom is 0.257 e. The first kappa shape index (κ1) is 16.6. The van der Waals surface area contributed by atoms with Crippen LogP contribution in [0.15, 0.2) is 42.5 Å². The van der Waals surface area contributed by atoms with E-state index in [2.05, 4.69) is 10.2 Å². The van der Waals surface area contributed by atoms with Gasteiger partial charge in [0.15, 0.2) is 0 Å². The number of hydrogen-bond acceptors (Lipinski definition) is 3. The van der Waals surface area contributed by atoms with E-state index in [-0.39, 0.29) is 18.0 Å². The van der Waals surface area contributed by atoms with Gasteiger partial charge in [0.2, 0.25) is 0 Å². The number of hydrogen-bond donors (Lipinski definition) is 1. The Labute approximate surface area is 153 Å². The smallest absolute Gasteiger partial charge is 0.257 e. The molecule has 0 saturated carbocycles. The highest BCUT2D eigenvalue weighted by Crippen LogP contribution is 2.34. The number of piperidine rings is 1. The first-order valence-electron chi connectivity index (χ1n) is 9.10. The van der Waals surface area contributed by atoms with Gasteiger partial charge in [0.25, 0.3) is 11.8 Å². The minimum Gasteiger partial charge on any atom is -0.354 e. The normalized spacial score (nSPS) is 19.0. The van der Waals surface area contributed by atoms with Crippen LogP contribution >= 0.6 is 0 Å². The highest BCUT2D eigenvalue weighted by atomic mass is 16.2. The molecule has 134 valence electrons. The van der Waals surface area contributed by atoms with Crippen LogP contribution in [0.4, 0.5) is 11.4 Å². The van der Waals surface area contributed by atoms with Crippen molar-refractivity contribution < 1.29 is 9.59 Å². The lowest BCUT2D eigenvalue weighted by atomic mass is 9.97. The molecule has 5 heteroatoms. The molecule has 2 aliphatic rings. The van der Waals surface area contributed by atoms with Gasteiger partial charge < -0.3 is 15.1 Å². The molecule has 0 unspecified atom stereocenters. The molecule has 26 heavy (non-hydrogen) atoms. The summed E-state index contributed by atoms with van der Waals surface area (Å²) in [6, 6.07) is 13.1. The molecule has 1 atom stereocenters. The Morgan fingerprint density at radius 1 is 1.12 bits per heavy atom. The third-order valence-corrected chi connectivity index (χ3v) is 5.36. The maximum atomic E-state index is 12.8. The van der Waals surface area contributed by atoms with Crippen LogP contribution in [0.2, 0.25) is 0 Å². The molecular weight excluding hydrogens is 326 g/mol.